The van der Waals surface area contributed by atoms with Gasteiger partial charge >= 0.3 is 0 Å². The number of nitrogens with zero attached hydrogens (tertiary/aromatic N) is 2. The van der Waals surface area contributed by atoms with Crippen LogP contribution in [0.15, 0.2) is 40.7 Å². The topological polar surface area (TPSA) is 32.7 Å². The number of likely N-dealkylation sites (N-methyl/N-ethyl adjacent to an activating group) is 1. The Morgan fingerprint density at radius 2 is 2.21 bits per heavy atom. The lowest BCUT2D eigenvalue weighted by Gasteiger charge is -2.17. The molecule has 1 aromatic heterocycles. The number of halogens is 1. The third-order valence-electron chi connectivity index (χ3n) is 3.08. The Morgan fingerprint density at radius 3 is 2.95 bits per heavy atom. The molecule has 0 spiro atoms. The Kier molecular flexibility index (Phi) is 2.91. The molecule has 2 heterocycles. The average molecular weight is 274 g/mol. The van der Waals surface area contributed by atoms with Crippen LogP contribution in [0.1, 0.15) is 10.4 Å². The van der Waals surface area contributed by atoms with Gasteiger partial charge in [0.2, 0.25) is 5.91 Å². The highest BCUT2D eigenvalue weighted by molar-refractivity contribution is 7.12. The van der Waals surface area contributed by atoms with Crippen molar-refractivity contribution in [3.63, 3.8) is 0 Å². The molecule has 1 aromatic carbocycles. The fourth-order valence-electron chi connectivity index (χ4n) is 2.09. The first kappa shape index (κ1) is 12.0. The van der Waals surface area contributed by atoms with Crippen LogP contribution < -0.4 is 4.90 Å². The van der Waals surface area contributed by atoms with Gasteiger partial charge in [0.1, 0.15) is 12.4 Å². The van der Waals surface area contributed by atoms with Crippen LogP contribution in [0.4, 0.5) is 10.1 Å². The molecule has 0 saturated carbocycles. The summed E-state index contributed by atoms with van der Waals surface area (Å²) in [4.78, 5) is 18.7. The normalized spacial score (nSPS) is 14.9. The van der Waals surface area contributed by atoms with Crippen molar-refractivity contribution < 1.29 is 9.18 Å². The highest BCUT2D eigenvalue weighted by Crippen LogP contribution is 2.28. The SMILES string of the molecule is CN1C(=O)CN=C(c2cccs2)c2cc(F)ccc21. The Morgan fingerprint density at radius 1 is 1.37 bits per heavy atom. The fraction of sp³-hybridized carbons (Fsp3) is 0.143. The van der Waals surface area contributed by atoms with E-state index in [1.54, 1.807) is 13.1 Å². The third-order valence-corrected chi connectivity index (χ3v) is 3.95. The lowest BCUT2D eigenvalue weighted by Crippen LogP contribution is -2.27. The fourth-order valence-corrected chi connectivity index (χ4v) is 2.83. The van der Waals surface area contributed by atoms with E-state index in [0.29, 0.717) is 17.0 Å². The molecule has 1 aliphatic rings. The molecule has 0 fully saturated rings. The number of carbonyl (C=O) groups excluding carboxylic acids is 1. The van der Waals surface area contributed by atoms with Gasteiger partial charge in [-0.3, -0.25) is 9.79 Å². The Balaban J connectivity index is 2.24. The molecule has 0 radical (unpaired) electrons. The predicted octanol–water partition coefficient (Wildman–Crippen LogP) is 2.70. The Hall–Kier alpha value is -2.01. The van der Waals surface area contributed by atoms with E-state index < -0.39 is 0 Å². The van der Waals surface area contributed by atoms with Crippen LogP contribution in [0.5, 0.6) is 0 Å². The second-order valence-corrected chi connectivity index (χ2v) is 5.20. The number of benzene rings is 1. The number of fused-ring (bicyclic) bond motifs is 1. The molecule has 0 N–H and O–H groups in total. The first-order valence-corrected chi connectivity index (χ1v) is 6.69. The summed E-state index contributed by atoms with van der Waals surface area (Å²) in [6.45, 7) is 0.0834. The minimum atomic E-state index is -0.328. The van der Waals surface area contributed by atoms with Crippen LogP contribution in [-0.4, -0.2) is 25.2 Å². The van der Waals surface area contributed by atoms with E-state index in [-0.39, 0.29) is 18.3 Å². The molecular formula is C14H11FN2OS. The molecule has 1 amide bonds. The number of thiophene rings is 1. The maximum atomic E-state index is 13.5. The zero-order valence-electron chi connectivity index (χ0n) is 10.3. The molecule has 0 saturated heterocycles. The van der Waals surface area contributed by atoms with Gasteiger partial charge < -0.3 is 4.90 Å². The molecule has 19 heavy (non-hydrogen) atoms. The van der Waals surface area contributed by atoms with Gasteiger partial charge in [-0.15, -0.1) is 11.3 Å². The first-order valence-electron chi connectivity index (χ1n) is 5.81. The lowest BCUT2D eigenvalue weighted by atomic mass is 10.1. The van der Waals surface area contributed by atoms with Crippen molar-refractivity contribution in [2.75, 3.05) is 18.5 Å². The second kappa shape index (κ2) is 4.59. The van der Waals surface area contributed by atoms with Crippen molar-refractivity contribution in [3.05, 3.63) is 52.0 Å². The minimum absolute atomic E-state index is 0.0834. The molecule has 0 unspecified atom stereocenters. The summed E-state index contributed by atoms with van der Waals surface area (Å²) in [5.74, 6) is -0.426. The van der Waals surface area contributed by atoms with Gasteiger partial charge in [0, 0.05) is 12.6 Å². The van der Waals surface area contributed by atoms with E-state index in [1.165, 1.54) is 28.4 Å². The van der Waals surface area contributed by atoms with Gasteiger partial charge in [0.15, 0.2) is 0 Å². The summed E-state index contributed by atoms with van der Waals surface area (Å²) in [5.41, 5.74) is 2.04. The summed E-state index contributed by atoms with van der Waals surface area (Å²) in [6, 6.07) is 8.26. The number of amides is 1. The van der Waals surface area contributed by atoms with Crippen LogP contribution in [0.3, 0.4) is 0 Å². The number of hydrogen-bond donors (Lipinski definition) is 0. The van der Waals surface area contributed by atoms with Crippen LogP contribution in [0, 0.1) is 5.82 Å². The number of benzodiazepines with no additional fused rings is 1. The maximum absolute atomic E-state index is 13.5. The van der Waals surface area contributed by atoms with Crippen molar-refractivity contribution >= 4 is 28.6 Å². The third kappa shape index (κ3) is 2.06. The van der Waals surface area contributed by atoms with Crippen molar-refractivity contribution in [3.8, 4) is 0 Å². The minimum Gasteiger partial charge on any atom is -0.313 e. The maximum Gasteiger partial charge on any atom is 0.248 e. The van der Waals surface area contributed by atoms with Gasteiger partial charge in [-0.1, -0.05) is 6.07 Å². The van der Waals surface area contributed by atoms with Crippen molar-refractivity contribution in [2.45, 2.75) is 0 Å². The zero-order chi connectivity index (χ0) is 13.4. The molecule has 96 valence electrons. The van der Waals surface area contributed by atoms with Crippen molar-refractivity contribution in [2.24, 2.45) is 4.99 Å². The average Bonchev–Trinajstić information content (AvgIpc) is 2.88. The molecule has 0 atom stereocenters. The zero-order valence-corrected chi connectivity index (χ0v) is 11.1. The molecule has 1 aliphatic heterocycles. The molecule has 3 rings (SSSR count). The molecule has 2 aromatic rings. The lowest BCUT2D eigenvalue weighted by molar-refractivity contribution is -0.116. The standard InChI is InChI=1S/C14H11FN2OS/c1-17-11-5-4-9(15)7-10(11)14(16-8-13(17)18)12-3-2-6-19-12/h2-7H,8H2,1H3. The van der Waals surface area contributed by atoms with E-state index in [9.17, 15) is 9.18 Å². The van der Waals surface area contributed by atoms with Crippen LogP contribution in [0.2, 0.25) is 0 Å². The highest BCUT2D eigenvalue weighted by atomic mass is 32.1. The molecule has 5 heteroatoms. The van der Waals surface area contributed by atoms with Crippen LogP contribution in [0.25, 0.3) is 0 Å². The Labute approximate surface area is 114 Å². The summed E-state index contributed by atoms with van der Waals surface area (Å²) >= 11 is 1.53. The van der Waals surface area contributed by atoms with Gasteiger partial charge in [-0.05, 0) is 29.6 Å². The van der Waals surface area contributed by atoms with E-state index >= 15 is 0 Å². The van der Waals surface area contributed by atoms with Crippen molar-refractivity contribution in [1.82, 2.24) is 0 Å². The van der Waals surface area contributed by atoms with Crippen molar-refractivity contribution in [1.29, 1.82) is 0 Å². The van der Waals surface area contributed by atoms with Gasteiger partial charge in [0.25, 0.3) is 0 Å². The smallest absolute Gasteiger partial charge is 0.248 e. The quantitative estimate of drug-likeness (QED) is 0.787. The molecule has 0 aliphatic carbocycles. The van der Waals surface area contributed by atoms with Gasteiger partial charge in [-0.2, -0.15) is 0 Å². The van der Waals surface area contributed by atoms with Gasteiger partial charge in [0.05, 0.1) is 16.3 Å². The largest absolute Gasteiger partial charge is 0.313 e. The van der Waals surface area contributed by atoms with E-state index in [4.69, 9.17) is 0 Å². The van der Waals surface area contributed by atoms with Gasteiger partial charge in [-0.25, -0.2) is 4.39 Å². The molecule has 0 bridgehead atoms. The van der Waals surface area contributed by atoms with E-state index in [0.717, 1.165) is 4.88 Å². The molecular weight excluding hydrogens is 263 g/mol. The summed E-state index contributed by atoms with van der Waals surface area (Å²) in [6.07, 6.45) is 0. The summed E-state index contributed by atoms with van der Waals surface area (Å²) in [5, 5.41) is 1.94. The second-order valence-electron chi connectivity index (χ2n) is 4.26. The van der Waals surface area contributed by atoms with E-state index in [2.05, 4.69) is 4.99 Å². The first-order chi connectivity index (χ1) is 9.16. The molecule has 3 nitrogen and oxygen atoms in total. The number of anilines is 1. The number of hydrogen-bond acceptors (Lipinski definition) is 3. The highest BCUT2D eigenvalue weighted by Gasteiger charge is 2.23. The van der Waals surface area contributed by atoms with Crippen LogP contribution in [-0.2, 0) is 4.79 Å². The van der Waals surface area contributed by atoms with Crippen LogP contribution >= 0.6 is 11.3 Å². The number of carbonyl (C=O) groups is 1. The summed E-state index contributed by atoms with van der Waals surface area (Å²) in [7, 11) is 1.69. The summed E-state index contributed by atoms with van der Waals surface area (Å²) < 4.78 is 13.5. The Bertz CT molecular complexity index is 664. The van der Waals surface area contributed by atoms with E-state index in [1.807, 2.05) is 17.5 Å². The monoisotopic (exact) mass is 274 g/mol. The number of rotatable bonds is 1. The predicted molar refractivity (Wildman–Crippen MR) is 74.6 cm³/mol. The number of aliphatic imine (C=N–C) groups is 1.